The van der Waals surface area contributed by atoms with E-state index in [1.807, 2.05) is 62.4 Å². The van der Waals surface area contributed by atoms with Crippen molar-refractivity contribution >= 4 is 22.6 Å². The van der Waals surface area contributed by atoms with Gasteiger partial charge in [0, 0.05) is 17.3 Å². The van der Waals surface area contributed by atoms with Crippen LogP contribution in [0.25, 0.3) is 22.2 Å². The molecule has 5 heteroatoms. The normalized spacial score (nSPS) is 10.9. The van der Waals surface area contributed by atoms with Crippen LogP contribution in [0.5, 0.6) is 0 Å². The van der Waals surface area contributed by atoms with Crippen molar-refractivity contribution in [1.82, 2.24) is 14.8 Å². The first-order valence-corrected chi connectivity index (χ1v) is 8.86. The van der Waals surface area contributed by atoms with E-state index in [2.05, 4.69) is 27.5 Å². The molecular formula is C22H20N4O. The number of hydrogen-bond donors (Lipinski definition) is 1. The number of anilines is 1. The number of carbonyl (C=O) groups excluding carboxylic acids is 1. The van der Waals surface area contributed by atoms with E-state index < -0.39 is 0 Å². The van der Waals surface area contributed by atoms with E-state index in [0.717, 1.165) is 33.5 Å². The predicted molar refractivity (Wildman–Crippen MR) is 108 cm³/mol. The van der Waals surface area contributed by atoms with Crippen LogP contribution in [-0.4, -0.2) is 20.7 Å². The Labute approximate surface area is 157 Å². The summed E-state index contributed by atoms with van der Waals surface area (Å²) >= 11 is 0. The van der Waals surface area contributed by atoms with Gasteiger partial charge in [-0.3, -0.25) is 4.79 Å². The molecule has 4 rings (SSSR count). The van der Waals surface area contributed by atoms with Crippen LogP contribution >= 0.6 is 0 Å². The summed E-state index contributed by atoms with van der Waals surface area (Å²) in [7, 11) is 0. The second-order valence-corrected chi connectivity index (χ2v) is 6.58. The zero-order valence-corrected chi connectivity index (χ0v) is 15.3. The van der Waals surface area contributed by atoms with Gasteiger partial charge in [-0.1, -0.05) is 42.5 Å². The molecule has 5 nitrogen and oxygen atoms in total. The van der Waals surface area contributed by atoms with E-state index in [1.54, 1.807) is 10.9 Å². The van der Waals surface area contributed by atoms with Gasteiger partial charge in [-0.15, -0.1) is 0 Å². The molecule has 27 heavy (non-hydrogen) atoms. The lowest BCUT2D eigenvalue weighted by Gasteiger charge is -2.07. The quantitative estimate of drug-likeness (QED) is 0.591. The van der Waals surface area contributed by atoms with Crippen LogP contribution in [0, 0.1) is 13.8 Å². The first-order chi connectivity index (χ1) is 13.1. The Morgan fingerprint density at radius 2 is 1.85 bits per heavy atom. The SMILES string of the molecule is Cc1cccc(NC(=O)Cn2nc(C)c3c(-c4ccccc4)ccnc32)c1. The highest BCUT2D eigenvalue weighted by atomic mass is 16.2. The van der Waals surface area contributed by atoms with Gasteiger partial charge in [-0.2, -0.15) is 5.10 Å². The lowest BCUT2D eigenvalue weighted by Crippen LogP contribution is -2.19. The van der Waals surface area contributed by atoms with Gasteiger partial charge in [0.1, 0.15) is 6.54 Å². The number of rotatable bonds is 4. The van der Waals surface area contributed by atoms with E-state index in [-0.39, 0.29) is 12.5 Å². The molecule has 0 radical (unpaired) electrons. The highest BCUT2D eigenvalue weighted by Gasteiger charge is 2.15. The van der Waals surface area contributed by atoms with Crippen molar-refractivity contribution < 1.29 is 4.79 Å². The van der Waals surface area contributed by atoms with Crippen LogP contribution in [0.2, 0.25) is 0 Å². The molecule has 0 aliphatic heterocycles. The molecular weight excluding hydrogens is 336 g/mol. The fraction of sp³-hybridized carbons (Fsp3) is 0.136. The van der Waals surface area contributed by atoms with E-state index in [0.29, 0.717) is 5.65 Å². The smallest absolute Gasteiger partial charge is 0.246 e. The average Bonchev–Trinajstić information content (AvgIpc) is 2.98. The molecule has 0 aliphatic rings. The zero-order chi connectivity index (χ0) is 18.8. The van der Waals surface area contributed by atoms with Crippen molar-refractivity contribution in [2.24, 2.45) is 0 Å². The number of fused-ring (bicyclic) bond motifs is 1. The molecule has 0 saturated carbocycles. The van der Waals surface area contributed by atoms with Crippen LogP contribution in [-0.2, 0) is 11.3 Å². The summed E-state index contributed by atoms with van der Waals surface area (Å²) in [5.74, 6) is -0.128. The molecule has 1 N–H and O–H groups in total. The topological polar surface area (TPSA) is 59.8 Å². The zero-order valence-electron chi connectivity index (χ0n) is 15.3. The second kappa shape index (κ2) is 7.03. The summed E-state index contributed by atoms with van der Waals surface area (Å²) in [6, 6.07) is 19.9. The Morgan fingerprint density at radius 1 is 1.04 bits per heavy atom. The maximum Gasteiger partial charge on any atom is 0.246 e. The minimum absolute atomic E-state index is 0.115. The number of aryl methyl sites for hydroxylation is 2. The Bertz CT molecular complexity index is 1120. The van der Waals surface area contributed by atoms with Crippen molar-refractivity contribution in [3.05, 3.63) is 78.1 Å². The summed E-state index contributed by atoms with van der Waals surface area (Å²) in [6.45, 7) is 4.06. The molecule has 0 unspecified atom stereocenters. The molecule has 0 fully saturated rings. The van der Waals surface area contributed by atoms with E-state index in [4.69, 9.17) is 0 Å². The standard InChI is InChI=1S/C22H20N4O/c1-15-7-6-10-18(13-15)24-20(27)14-26-22-21(16(2)25-26)19(11-12-23-22)17-8-4-3-5-9-17/h3-13H,14H2,1-2H3,(H,24,27). The number of aromatic nitrogens is 3. The Balaban J connectivity index is 1.66. The molecule has 4 aromatic rings. The van der Waals surface area contributed by atoms with E-state index in [9.17, 15) is 4.79 Å². The van der Waals surface area contributed by atoms with Gasteiger partial charge in [-0.25, -0.2) is 9.67 Å². The van der Waals surface area contributed by atoms with Gasteiger partial charge in [0.2, 0.25) is 5.91 Å². The third-order valence-electron chi connectivity index (χ3n) is 4.49. The third-order valence-corrected chi connectivity index (χ3v) is 4.49. The third kappa shape index (κ3) is 3.44. The summed E-state index contributed by atoms with van der Waals surface area (Å²) in [6.07, 6.45) is 1.76. The highest BCUT2D eigenvalue weighted by Crippen LogP contribution is 2.29. The van der Waals surface area contributed by atoms with Gasteiger partial charge in [0.05, 0.1) is 5.69 Å². The Morgan fingerprint density at radius 3 is 2.63 bits per heavy atom. The summed E-state index contributed by atoms with van der Waals surface area (Å²) in [5.41, 5.74) is 5.64. The number of hydrogen-bond acceptors (Lipinski definition) is 3. The first-order valence-electron chi connectivity index (χ1n) is 8.86. The average molecular weight is 356 g/mol. The van der Waals surface area contributed by atoms with Crippen molar-refractivity contribution in [3.8, 4) is 11.1 Å². The summed E-state index contributed by atoms with van der Waals surface area (Å²) in [5, 5.41) is 8.47. The summed E-state index contributed by atoms with van der Waals surface area (Å²) in [4.78, 5) is 17.0. The van der Waals surface area contributed by atoms with Gasteiger partial charge < -0.3 is 5.32 Å². The summed E-state index contributed by atoms with van der Waals surface area (Å²) < 4.78 is 1.67. The molecule has 134 valence electrons. The molecule has 0 atom stereocenters. The number of benzene rings is 2. The second-order valence-electron chi connectivity index (χ2n) is 6.58. The Hall–Kier alpha value is -3.47. The van der Waals surface area contributed by atoms with Gasteiger partial charge in [-0.05, 0) is 48.7 Å². The lowest BCUT2D eigenvalue weighted by atomic mass is 10.0. The van der Waals surface area contributed by atoms with Crippen molar-refractivity contribution in [1.29, 1.82) is 0 Å². The fourth-order valence-electron chi connectivity index (χ4n) is 3.31. The number of nitrogens with zero attached hydrogens (tertiary/aromatic N) is 3. The van der Waals surface area contributed by atoms with Crippen LogP contribution in [0.15, 0.2) is 66.9 Å². The van der Waals surface area contributed by atoms with Crippen LogP contribution < -0.4 is 5.32 Å². The number of nitrogens with one attached hydrogen (secondary N) is 1. The molecule has 2 aromatic carbocycles. The molecule has 0 spiro atoms. The molecule has 0 saturated heterocycles. The maximum atomic E-state index is 12.5. The van der Waals surface area contributed by atoms with Gasteiger partial charge >= 0.3 is 0 Å². The molecule has 2 heterocycles. The van der Waals surface area contributed by atoms with Crippen LogP contribution in [0.1, 0.15) is 11.3 Å². The lowest BCUT2D eigenvalue weighted by molar-refractivity contribution is -0.116. The number of amides is 1. The predicted octanol–water partition coefficient (Wildman–Crippen LogP) is 4.35. The van der Waals surface area contributed by atoms with Crippen LogP contribution in [0.4, 0.5) is 5.69 Å². The number of pyridine rings is 1. The first kappa shape index (κ1) is 17.0. The van der Waals surface area contributed by atoms with Crippen molar-refractivity contribution in [2.45, 2.75) is 20.4 Å². The van der Waals surface area contributed by atoms with E-state index >= 15 is 0 Å². The van der Waals surface area contributed by atoms with Crippen LogP contribution in [0.3, 0.4) is 0 Å². The molecule has 0 aliphatic carbocycles. The van der Waals surface area contributed by atoms with Crippen molar-refractivity contribution in [2.75, 3.05) is 5.32 Å². The molecule has 2 aromatic heterocycles. The molecule has 1 amide bonds. The minimum atomic E-state index is -0.128. The van der Waals surface area contributed by atoms with Gasteiger partial charge in [0.25, 0.3) is 0 Å². The molecule has 0 bridgehead atoms. The largest absolute Gasteiger partial charge is 0.324 e. The minimum Gasteiger partial charge on any atom is -0.324 e. The van der Waals surface area contributed by atoms with Crippen molar-refractivity contribution in [3.63, 3.8) is 0 Å². The maximum absolute atomic E-state index is 12.5. The Kier molecular flexibility index (Phi) is 4.42. The monoisotopic (exact) mass is 356 g/mol. The number of carbonyl (C=O) groups is 1. The fourth-order valence-corrected chi connectivity index (χ4v) is 3.31. The highest BCUT2D eigenvalue weighted by molar-refractivity contribution is 5.96. The van der Waals surface area contributed by atoms with E-state index in [1.165, 1.54) is 0 Å². The van der Waals surface area contributed by atoms with Gasteiger partial charge in [0.15, 0.2) is 5.65 Å².